The fraction of sp³-hybridized carbons (Fsp3) is 0.545. The second-order valence-corrected chi connectivity index (χ2v) is 10.00. The van der Waals surface area contributed by atoms with Crippen LogP contribution in [0.5, 0.6) is 0 Å². The molecule has 6 rings (SSSR count). The minimum Gasteiger partial charge on any atom is -0.380 e. The van der Waals surface area contributed by atoms with Crippen molar-refractivity contribution in [2.75, 3.05) is 25.1 Å². The summed E-state index contributed by atoms with van der Waals surface area (Å²) in [6, 6.07) is 1.12. The zero-order valence-electron chi connectivity index (χ0n) is 19.0. The molecule has 3 N–H and O–H groups in total. The summed E-state index contributed by atoms with van der Waals surface area (Å²) in [6.07, 6.45) is -0.573. The fourth-order valence-electron chi connectivity index (χ4n) is 5.09. The molecule has 3 aliphatic rings. The summed E-state index contributed by atoms with van der Waals surface area (Å²) >= 11 is 0. The molecule has 0 aromatic carbocycles. The largest absolute Gasteiger partial charge is 0.417 e. The van der Waals surface area contributed by atoms with Crippen molar-refractivity contribution in [3.05, 3.63) is 24.7 Å². The van der Waals surface area contributed by atoms with Crippen LogP contribution in [-0.4, -0.2) is 83.7 Å². The van der Waals surface area contributed by atoms with E-state index in [1.54, 1.807) is 18.5 Å². The quantitative estimate of drug-likeness (QED) is 0.465. The van der Waals surface area contributed by atoms with Gasteiger partial charge >= 0.3 is 12.2 Å². The van der Waals surface area contributed by atoms with E-state index in [0.29, 0.717) is 40.8 Å². The summed E-state index contributed by atoms with van der Waals surface area (Å²) < 4.78 is 61.2. The lowest BCUT2D eigenvalue weighted by Gasteiger charge is -2.45. The van der Waals surface area contributed by atoms with Crippen molar-refractivity contribution in [2.24, 2.45) is 0 Å². The standard InChI is InChI=1S/C22H23F4N7O3/c23-19(11-36-12-19)10-33-16-5-14(27-6-13(16)7-29-33)17-15(8-28-31-17)30-18(34)32-4-3-21(35,22(24,25)26)9-20(32)1-2-20/h5-8,35H,1-4,9-12H2,(H,28,31)(H,30,34). The van der Waals surface area contributed by atoms with Gasteiger partial charge in [0.15, 0.2) is 11.3 Å². The number of nitrogens with one attached hydrogen (secondary N) is 2. The summed E-state index contributed by atoms with van der Waals surface area (Å²) in [5.74, 6) is 0. The minimum atomic E-state index is -4.76. The van der Waals surface area contributed by atoms with Gasteiger partial charge in [-0.15, -0.1) is 0 Å². The van der Waals surface area contributed by atoms with Crippen molar-refractivity contribution in [3.8, 4) is 11.4 Å². The number of ether oxygens (including phenoxy) is 1. The maximum Gasteiger partial charge on any atom is 0.417 e. The summed E-state index contributed by atoms with van der Waals surface area (Å²) in [5.41, 5.74) is -3.58. The van der Waals surface area contributed by atoms with Gasteiger partial charge in [-0.05, 0) is 18.9 Å². The van der Waals surface area contributed by atoms with E-state index in [1.807, 2.05) is 0 Å². The topological polar surface area (TPSA) is 121 Å². The molecule has 3 aromatic heterocycles. The smallest absolute Gasteiger partial charge is 0.380 e. The number of fused-ring (bicyclic) bond motifs is 1. The van der Waals surface area contributed by atoms with Crippen molar-refractivity contribution in [2.45, 2.75) is 55.2 Å². The minimum absolute atomic E-state index is 0.00137. The number of hydrogen-bond acceptors (Lipinski definition) is 6. The fourth-order valence-corrected chi connectivity index (χ4v) is 5.09. The Balaban J connectivity index is 1.23. The molecule has 192 valence electrons. The molecule has 2 saturated heterocycles. The van der Waals surface area contributed by atoms with Crippen LogP contribution >= 0.6 is 0 Å². The van der Waals surface area contributed by atoms with Crippen LogP contribution in [0.2, 0.25) is 0 Å². The lowest BCUT2D eigenvalue weighted by molar-refractivity contribution is -0.277. The van der Waals surface area contributed by atoms with Crippen molar-refractivity contribution < 1.29 is 32.2 Å². The van der Waals surface area contributed by atoms with Gasteiger partial charge in [-0.25, -0.2) is 9.18 Å². The predicted octanol–water partition coefficient (Wildman–Crippen LogP) is 3.01. The van der Waals surface area contributed by atoms with Crippen LogP contribution in [0.4, 0.5) is 28.0 Å². The number of aliphatic hydroxyl groups is 1. The van der Waals surface area contributed by atoms with Gasteiger partial charge in [-0.3, -0.25) is 14.8 Å². The first kappa shape index (κ1) is 23.2. The summed E-state index contributed by atoms with van der Waals surface area (Å²) in [4.78, 5) is 18.9. The molecule has 14 heteroatoms. The van der Waals surface area contributed by atoms with Gasteiger partial charge < -0.3 is 20.1 Å². The number of aromatic amines is 1. The normalized spacial score (nSPS) is 24.6. The number of nitrogens with zero attached hydrogens (tertiary/aromatic N) is 5. The first-order valence-corrected chi connectivity index (χ1v) is 11.5. The number of amides is 2. The Labute approximate surface area is 201 Å². The number of hydrogen-bond donors (Lipinski definition) is 3. The molecular formula is C22H23F4N7O3. The molecule has 3 aromatic rings. The Bertz CT molecular complexity index is 1330. The van der Waals surface area contributed by atoms with Crippen LogP contribution in [0.15, 0.2) is 24.7 Å². The maximum atomic E-state index is 14.6. The summed E-state index contributed by atoms with van der Waals surface area (Å²) in [5, 5.41) is 24.6. The molecule has 1 aliphatic carbocycles. The van der Waals surface area contributed by atoms with Crippen LogP contribution in [0.3, 0.4) is 0 Å². The molecule has 0 radical (unpaired) electrons. The molecule has 36 heavy (non-hydrogen) atoms. The zero-order valence-corrected chi connectivity index (χ0v) is 19.0. The van der Waals surface area contributed by atoms with Crippen LogP contribution in [0.1, 0.15) is 25.7 Å². The molecule has 10 nitrogen and oxygen atoms in total. The highest BCUT2D eigenvalue weighted by atomic mass is 19.4. The van der Waals surface area contributed by atoms with Gasteiger partial charge in [-0.1, -0.05) is 0 Å². The van der Waals surface area contributed by atoms with E-state index in [9.17, 15) is 27.5 Å². The van der Waals surface area contributed by atoms with Gasteiger partial charge in [0.2, 0.25) is 0 Å². The Morgan fingerprint density at radius 1 is 1.22 bits per heavy atom. The SMILES string of the molecule is O=C(Nc1cn[nH]c1-c1cc2c(cn1)cnn2CC1(F)COC1)N1CCC(O)(C(F)(F)F)CC12CC2. The average molecular weight is 509 g/mol. The van der Waals surface area contributed by atoms with Gasteiger partial charge in [0, 0.05) is 36.5 Å². The lowest BCUT2D eigenvalue weighted by atomic mass is 9.84. The van der Waals surface area contributed by atoms with Crippen LogP contribution in [0.25, 0.3) is 22.3 Å². The number of carbonyl (C=O) groups excluding carboxylic acids is 1. The van der Waals surface area contributed by atoms with Gasteiger partial charge in [0.25, 0.3) is 0 Å². The number of alkyl halides is 4. The van der Waals surface area contributed by atoms with Crippen molar-refractivity contribution in [3.63, 3.8) is 0 Å². The number of H-pyrrole nitrogens is 1. The number of aromatic nitrogens is 5. The molecule has 1 saturated carbocycles. The number of rotatable bonds is 4. The Morgan fingerprint density at radius 3 is 2.67 bits per heavy atom. The third-order valence-corrected chi connectivity index (χ3v) is 7.36. The number of likely N-dealkylation sites (tertiary alicyclic amines) is 1. The third kappa shape index (κ3) is 3.70. The van der Waals surface area contributed by atoms with E-state index < -0.39 is 41.9 Å². The highest BCUT2D eigenvalue weighted by Crippen LogP contribution is 2.55. The lowest BCUT2D eigenvalue weighted by Crippen LogP contribution is -2.60. The number of piperidine rings is 1. The van der Waals surface area contributed by atoms with Crippen LogP contribution in [-0.2, 0) is 11.3 Å². The van der Waals surface area contributed by atoms with Gasteiger partial charge in [0.05, 0.1) is 49.1 Å². The molecule has 1 spiro atoms. The molecule has 2 aliphatic heterocycles. The number of pyridine rings is 1. The Morgan fingerprint density at radius 2 is 2.00 bits per heavy atom. The zero-order chi connectivity index (χ0) is 25.3. The highest BCUT2D eigenvalue weighted by molar-refractivity contribution is 5.94. The van der Waals surface area contributed by atoms with Crippen LogP contribution in [0, 0.1) is 0 Å². The Kier molecular flexibility index (Phi) is 4.90. The second kappa shape index (κ2) is 7.62. The maximum absolute atomic E-state index is 14.6. The first-order chi connectivity index (χ1) is 17.0. The van der Waals surface area contributed by atoms with E-state index >= 15 is 0 Å². The number of halogens is 4. The van der Waals surface area contributed by atoms with E-state index in [1.165, 1.54) is 15.8 Å². The van der Waals surface area contributed by atoms with Crippen molar-refractivity contribution in [1.29, 1.82) is 0 Å². The second-order valence-electron chi connectivity index (χ2n) is 10.00. The number of carbonyl (C=O) groups is 1. The summed E-state index contributed by atoms with van der Waals surface area (Å²) in [6.45, 7) is -0.205. The molecule has 3 fully saturated rings. The monoisotopic (exact) mass is 509 g/mol. The van der Waals surface area contributed by atoms with E-state index in [-0.39, 0.29) is 26.3 Å². The van der Waals surface area contributed by atoms with E-state index in [0.717, 1.165) is 0 Å². The van der Waals surface area contributed by atoms with Gasteiger partial charge in [0.1, 0.15) is 5.69 Å². The predicted molar refractivity (Wildman–Crippen MR) is 118 cm³/mol. The third-order valence-electron chi connectivity index (χ3n) is 7.36. The van der Waals surface area contributed by atoms with Crippen LogP contribution < -0.4 is 5.32 Å². The molecule has 0 bridgehead atoms. The number of urea groups is 1. The molecule has 5 heterocycles. The van der Waals surface area contributed by atoms with E-state index in [2.05, 4.69) is 25.6 Å². The van der Waals surface area contributed by atoms with E-state index in [4.69, 9.17) is 4.74 Å². The Hall–Kier alpha value is -3.26. The molecular weight excluding hydrogens is 486 g/mol. The molecule has 1 atom stereocenters. The number of anilines is 1. The van der Waals surface area contributed by atoms with Crippen molar-refractivity contribution >= 4 is 22.6 Å². The first-order valence-electron chi connectivity index (χ1n) is 11.5. The molecule has 2 amide bonds. The van der Waals surface area contributed by atoms with Gasteiger partial charge in [-0.2, -0.15) is 23.4 Å². The highest BCUT2D eigenvalue weighted by Gasteiger charge is 2.65. The average Bonchev–Trinajstić information content (AvgIpc) is 3.21. The molecule has 1 unspecified atom stereocenters. The summed E-state index contributed by atoms with van der Waals surface area (Å²) in [7, 11) is 0. The van der Waals surface area contributed by atoms with Crippen molar-refractivity contribution in [1.82, 2.24) is 29.9 Å².